The van der Waals surface area contributed by atoms with Crippen molar-refractivity contribution in [2.75, 3.05) is 26.7 Å². The van der Waals surface area contributed by atoms with Crippen LogP contribution in [-0.2, 0) is 12.8 Å². The average Bonchev–Trinajstić information content (AvgIpc) is 3.13. The van der Waals surface area contributed by atoms with E-state index in [1.807, 2.05) is 11.3 Å². The third-order valence-electron chi connectivity index (χ3n) is 5.06. The highest BCUT2D eigenvalue weighted by atomic mass is 35.5. The predicted octanol–water partition coefficient (Wildman–Crippen LogP) is 5.55. The molecule has 2 aromatic rings. The minimum atomic E-state index is 0. The molecular formula is C21H30ClNOS. The maximum absolute atomic E-state index is 5.41. The van der Waals surface area contributed by atoms with Gasteiger partial charge in [0.1, 0.15) is 5.75 Å². The van der Waals surface area contributed by atoms with Crippen LogP contribution < -0.4 is 4.74 Å². The van der Waals surface area contributed by atoms with E-state index < -0.39 is 0 Å². The summed E-state index contributed by atoms with van der Waals surface area (Å²) in [4.78, 5) is 4.17. The predicted molar refractivity (Wildman–Crippen MR) is 111 cm³/mol. The third-order valence-corrected chi connectivity index (χ3v) is 6.00. The monoisotopic (exact) mass is 379 g/mol. The summed E-state index contributed by atoms with van der Waals surface area (Å²) in [7, 11) is 1.76. The van der Waals surface area contributed by atoms with Gasteiger partial charge in [0.05, 0.1) is 7.11 Å². The number of ether oxygens (including phenoxy) is 1. The Kier molecular flexibility index (Phi) is 8.28. The van der Waals surface area contributed by atoms with Gasteiger partial charge in [-0.15, -0.1) is 23.7 Å². The molecule has 0 bridgehead atoms. The van der Waals surface area contributed by atoms with E-state index in [1.165, 1.54) is 62.2 Å². The number of methoxy groups -OCH3 is 1. The first-order valence-corrected chi connectivity index (χ1v) is 10.1. The molecule has 0 radical (unpaired) electrons. The van der Waals surface area contributed by atoms with Crippen LogP contribution in [0.25, 0.3) is 0 Å². The van der Waals surface area contributed by atoms with E-state index in [9.17, 15) is 0 Å². The van der Waals surface area contributed by atoms with Crippen molar-refractivity contribution >= 4 is 23.7 Å². The van der Waals surface area contributed by atoms with Gasteiger partial charge in [0.25, 0.3) is 0 Å². The fraction of sp³-hybridized carbons (Fsp3) is 0.524. The molecule has 0 N–H and O–H groups in total. The second-order valence-corrected chi connectivity index (χ2v) is 7.82. The Balaban J connectivity index is 0.00000225. The number of halogens is 1. The van der Waals surface area contributed by atoms with Crippen molar-refractivity contribution < 1.29 is 4.74 Å². The van der Waals surface area contributed by atoms with Gasteiger partial charge in [0.2, 0.25) is 0 Å². The summed E-state index contributed by atoms with van der Waals surface area (Å²) >= 11 is 1.88. The van der Waals surface area contributed by atoms with Crippen molar-refractivity contribution in [3.63, 3.8) is 0 Å². The zero-order valence-electron chi connectivity index (χ0n) is 15.4. The molecule has 1 aromatic heterocycles. The van der Waals surface area contributed by atoms with Gasteiger partial charge in [0, 0.05) is 18.0 Å². The molecule has 1 aliphatic carbocycles. The zero-order valence-corrected chi connectivity index (χ0v) is 17.0. The van der Waals surface area contributed by atoms with Crippen LogP contribution in [0.1, 0.15) is 48.1 Å². The smallest absolute Gasteiger partial charge is 0.119 e. The molecule has 0 amide bonds. The fourth-order valence-corrected chi connectivity index (χ4v) is 4.55. The summed E-state index contributed by atoms with van der Waals surface area (Å²) in [5.41, 5.74) is 3.06. The number of hydrogen-bond acceptors (Lipinski definition) is 3. The van der Waals surface area contributed by atoms with Crippen molar-refractivity contribution in [1.29, 1.82) is 0 Å². The molecule has 1 heterocycles. The highest BCUT2D eigenvalue weighted by Crippen LogP contribution is 2.34. The van der Waals surface area contributed by atoms with Gasteiger partial charge in [0.15, 0.2) is 0 Å². The molecule has 25 heavy (non-hydrogen) atoms. The van der Waals surface area contributed by atoms with E-state index in [1.54, 1.807) is 12.7 Å². The van der Waals surface area contributed by atoms with E-state index in [0.29, 0.717) is 5.92 Å². The fourth-order valence-electron chi connectivity index (χ4n) is 3.85. The van der Waals surface area contributed by atoms with E-state index in [2.05, 4.69) is 47.5 Å². The summed E-state index contributed by atoms with van der Waals surface area (Å²) in [6.07, 6.45) is 6.23. The van der Waals surface area contributed by atoms with E-state index in [0.717, 1.165) is 5.75 Å². The molecule has 0 fully saturated rings. The van der Waals surface area contributed by atoms with Gasteiger partial charge in [-0.1, -0.05) is 19.1 Å². The van der Waals surface area contributed by atoms with Crippen LogP contribution in [0.2, 0.25) is 0 Å². The molecule has 1 unspecified atom stereocenters. The average molecular weight is 380 g/mol. The normalized spacial score (nSPS) is 16.4. The Hall–Kier alpha value is -1.03. The number of benzene rings is 1. The Morgan fingerprint density at radius 2 is 2.12 bits per heavy atom. The van der Waals surface area contributed by atoms with Gasteiger partial charge in [-0.2, -0.15) is 0 Å². The molecule has 4 heteroatoms. The molecule has 0 saturated heterocycles. The highest BCUT2D eigenvalue weighted by molar-refractivity contribution is 7.09. The van der Waals surface area contributed by atoms with Crippen LogP contribution in [-0.4, -0.2) is 31.6 Å². The summed E-state index contributed by atoms with van der Waals surface area (Å²) < 4.78 is 5.41. The lowest BCUT2D eigenvalue weighted by Crippen LogP contribution is -2.32. The van der Waals surface area contributed by atoms with Gasteiger partial charge >= 0.3 is 0 Å². The van der Waals surface area contributed by atoms with Crippen molar-refractivity contribution in [1.82, 2.24) is 4.90 Å². The summed E-state index contributed by atoms with van der Waals surface area (Å²) in [6, 6.07) is 11.1. The first kappa shape index (κ1) is 20.3. The van der Waals surface area contributed by atoms with Crippen LogP contribution in [0.4, 0.5) is 0 Å². The molecule has 1 aromatic carbocycles. The maximum atomic E-state index is 5.41. The number of rotatable bonds is 8. The van der Waals surface area contributed by atoms with Crippen molar-refractivity contribution in [3.05, 3.63) is 51.7 Å². The van der Waals surface area contributed by atoms with Gasteiger partial charge in [-0.3, -0.25) is 0 Å². The Morgan fingerprint density at radius 1 is 1.24 bits per heavy atom. The molecule has 0 spiro atoms. The van der Waals surface area contributed by atoms with E-state index >= 15 is 0 Å². The summed E-state index contributed by atoms with van der Waals surface area (Å²) in [5, 5.41) is 2.18. The molecule has 0 saturated carbocycles. The topological polar surface area (TPSA) is 12.5 Å². The lowest BCUT2D eigenvalue weighted by Gasteiger charge is -2.31. The highest BCUT2D eigenvalue weighted by Gasteiger charge is 2.22. The molecule has 1 atom stereocenters. The first-order valence-electron chi connectivity index (χ1n) is 9.21. The van der Waals surface area contributed by atoms with Crippen molar-refractivity contribution in [3.8, 4) is 5.75 Å². The largest absolute Gasteiger partial charge is 0.497 e. The van der Waals surface area contributed by atoms with Crippen LogP contribution in [0.3, 0.4) is 0 Å². The Bertz CT molecular complexity index is 629. The Morgan fingerprint density at radius 3 is 2.84 bits per heavy atom. The zero-order chi connectivity index (χ0) is 16.8. The molecule has 138 valence electrons. The quantitative estimate of drug-likeness (QED) is 0.595. The second kappa shape index (κ2) is 10.2. The number of aryl methyl sites for hydroxylation is 1. The lowest BCUT2D eigenvalue weighted by atomic mass is 9.82. The van der Waals surface area contributed by atoms with Gasteiger partial charge < -0.3 is 9.64 Å². The maximum Gasteiger partial charge on any atom is 0.119 e. The number of nitrogens with zero attached hydrogens (tertiary/aromatic N) is 1. The Labute approximate surface area is 162 Å². The lowest BCUT2D eigenvalue weighted by molar-refractivity contribution is 0.251. The molecule has 0 aliphatic heterocycles. The van der Waals surface area contributed by atoms with Crippen LogP contribution in [0.5, 0.6) is 5.75 Å². The second-order valence-electron chi connectivity index (χ2n) is 6.78. The first-order chi connectivity index (χ1) is 11.8. The van der Waals surface area contributed by atoms with Crippen LogP contribution in [0.15, 0.2) is 35.7 Å². The van der Waals surface area contributed by atoms with Gasteiger partial charge in [-0.25, -0.2) is 0 Å². The van der Waals surface area contributed by atoms with Crippen LogP contribution in [0, 0.1) is 0 Å². The van der Waals surface area contributed by atoms with Crippen molar-refractivity contribution in [2.24, 2.45) is 0 Å². The van der Waals surface area contributed by atoms with Crippen molar-refractivity contribution in [2.45, 2.75) is 44.9 Å². The minimum Gasteiger partial charge on any atom is -0.497 e. The summed E-state index contributed by atoms with van der Waals surface area (Å²) in [5.74, 6) is 1.67. The summed E-state index contributed by atoms with van der Waals surface area (Å²) in [6.45, 7) is 5.86. The third kappa shape index (κ3) is 5.47. The molecular weight excluding hydrogens is 350 g/mol. The number of fused-ring (bicyclic) bond motifs is 1. The molecule has 2 nitrogen and oxygen atoms in total. The molecule has 1 aliphatic rings. The molecule has 3 rings (SSSR count). The SMILES string of the molecule is CCCN(CCc1cccs1)CC1CCCc2cc(OC)ccc21.Cl. The standard InChI is InChI=1S/C21H29NOS.ClH/c1-3-12-22(13-11-20-8-5-14-24-20)16-18-7-4-6-17-15-19(23-2)9-10-21(17)18;/h5,8-10,14-15,18H,3-4,6-7,11-13,16H2,1-2H3;1H. The van der Waals surface area contributed by atoms with Gasteiger partial charge in [-0.05, 0) is 79.3 Å². The number of thiophene rings is 1. The minimum absolute atomic E-state index is 0. The van der Waals surface area contributed by atoms with E-state index in [-0.39, 0.29) is 12.4 Å². The van der Waals surface area contributed by atoms with Crippen LogP contribution >= 0.6 is 23.7 Å². The van der Waals surface area contributed by atoms with E-state index in [4.69, 9.17) is 4.74 Å². The number of hydrogen-bond donors (Lipinski definition) is 0.